The minimum atomic E-state index is -0.897. The number of nitrogens with zero attached hydrogens (tertiary/aromatic N) is 2. The molecule has 0 fully saturated rings. The molecular formula is C14H12N4O5. The van der Waals surface area contributed by atoms with Crippen LogP contribution < -0.4 is 15.8 Å². The van der Waals surface area contributed by atoms with Gasteiger partial charge in [0.1, 0.15) is 17.5 Å². The number of nitrogens with one attached hydrogen (secondary N) is 1. The van der Waals surface area contributed by atoms with Gasteiger partial charge in [-0.2, -0.15) is 0 Å². The molecule has 3 N–H and O–H groups in total. The third kappa shape index (κ3) is 4.00. The Morgan fingerprint density at radius 1 is 1.30 bits per heavy atom. The second-order valence-electron chi connectivity index (χ2n) is 4.48. The van der Waals surface area contributed by atoms with Crippen LogP contribution in [0, 0.1) is 10.1 Å². The molecule has 9 heteroatoms. The van der Waals surface area contributed by atoms with Gasteiger partial charge in [-0.25, -0.2) is 4.98 Å². The number of nitro groups is 1. The number of hydrogen-bond donors (Lipinski definition) is 2. The van der Waals surface area contributed by atoms with Gasteiger partial charge in [0.15, 0.2) is 0 Å². The van der Waals surface area contributed by atoms with Gasteiger partial charge in [0, 0.05) is 18.7 Å². The van der Waals surface area contributed by atoms with E-state index in [1.54, 1.807) is 24.3 Å². The lowest BCUT2D eigenvalue weighted by Crippen LogP contribution is -2.13. The molecule has 2 amide bonds. The number of ether oxygens (including phenoxy) is 1. The minimum Gasteiger partial charge on any atom is -0.438 e. The molecule has 23 heavy (non-hydrogen) atoms. The highest BCUT2D eigenvalue weighted by Gasteiger charge is 2.18. The zero-order valence-corrected chi connectivity index (χ0v) is 12.0. The monoisotopic (exact) mass is 316 g/mol. The molecule has 1 aromatic carbocycles. The Morgan fingerprint density at radius 3 is 2.48 bits per heavy atom. The standard InChI is InChI=1S/C14H12N4O5/c1-8(19)17-9-2-4-11(5-3-9)23-14-12(13(15)20)6-10(7-16-14)18(21)22/h2-7H,1H3,(H2,15,20)(H,17,19). The Balaban J connectivity index is 2.27. The van der Waals surface area contributed by atoms with Crippen LogP contribution in [-0.2, 0) is 4.79 Å². The largest absolute Gasteiger partial charge is 0.438 e. The number of carbonyl (C=O) groups is 2. The molecule has 2 rings (SSSR count). The predicted molar refractivity (Wildman–Crippen MR) is 80.2 cm³/mol. The van der Waals surface area contributed by atoms with E-state index in [-0.39, 0.29) is 23.0 Å². The number of aromatic nitrogens is 1. The van der Waals surface area contributed by atoms with Crippen molar-refractivity contribution in [1.29, 1.82) is 0 Å². The summed E-state index contributed by atoms with van der Waals surface area (Å²) in [7, 11) is 0. The molecule has 0 radical (unpaired) electrons. The van der Waals surface area contributed by atoms with Crippen molar-refractivity contribution in [3.8, 4) is 11.6 Å². The summed E-state index contributed by atoms with van der Waals surface area (Å²) in [4.78, 5) is 36.1. The molecule has 0 aliphatic rings. The number of benzene rings is 1. The normalized spacial score (nSPS) is 9.96. The van der Waals surface area contributed by atoms with Crippen LogP contribution in [0.15, 0.2) is 36.5 Å². The van der Waals surface area contributed by atoms with Crippen LogP contribution in [0.4, 0.5) is 11.4 Å². The summed E-state index contributed by atoms with van der Waals surface area (Å²) in [6.45, 7) is 1.38. The van der Waals surface area contributed by atoms with Crippen LogP contribution in [0.1, 0.15) is 17.3 Å². The smallest absolute Gasteiger partial charge is 0.288 e. The summed E-state index contributed by atoms with van der Waals surface area (Å²) < 4.78 is 5.42. The summed E-state index contributed by atoms with van der Waals surface area (Å²) in [5.41, 5.74) is 5.18. The molecule has 9 nitrogen and oxygen atoms in total. The van der Waals surface area contributed by atoms with Gasteiger partial charge in [-0.15, -0.1) is 0 Å². The second kappa shape index (κ2) is 6.52. The highest BCUT2D eigenvalue weighted by Crippen LogP contribution is 2.26. The van der Waals surface area contributed by atoms with E-state index < -0.39 is 10.8 Å². The molecular weight excluding hydrogens is 304 g/mol. The number of anilines is 1. The van der Waals surface area contributed by atoms with Gasteiger partial charge in [0.05, 0.1) is 4.92 Å². The van der Waals surface area contributed by atoms with Crippen LogP contribution in [0.5, 0.6) is 11.6 Å². The molecule has 0 unspecified atom stereocenters. The van der Waals surface area contributed by atoms with Crippen molar-refractivity contribution in [2.75, 3.05) is 5.32 Å². The molecule has 0 saturated carbocycles. The average molecular weight is 316 g/mol. The Bertz CT molecular complexity index is 773. The molecule has 118 valence electrons. The number of primary amides is 1. The van der Waals surface area contributed by atoms with Gasteiger partial charge >= 0.3 is 0 Å². The van der Waals surface area contributed by atoms with Crippen molar-refractivity contribution in [2.45, 2.75) is 6.92 Å². The van der Waals surface area contributed by atoms with Gasteiger partial charge in [-0.1, -0.05) is 0 Å². The number of pyridine rings is 1. The number of carbonyl (C=O) groups excluding carboxylic acids is 2. The second-order valence-corrected chi connectivity index (χ2v) is 4.48. The van der Waals surface area contributed by atoms with Crippen molar-refractivity contribution in [2.24, 2.45) is 5.73 Å². The van der Waals surface area contributed by atoms with E-state index >= 15 is 0 Å². The van der Waals surface area contributed by atoms with Gasteiger partial charge in [-0.05, 0) is 24.3 Å². The Morgan fingerprint density at radius 2 is 1.96 bits per heavy atom. The van der Waals surface area contributed by atoms with E-state index in [9.17, 15) is 19.7 Å². The van der Waals surface area contributed by atoms with Crippen LogP contribution in [0.25, 0.3) is 0 Å². The quantitative estimate of drug-likeness (QED) is 0.637. The minimum absolute atomic E-state index is 0.143. The topological polar surface area (TPSA) is 137 Å². The fourth-order valence-corrected chi connectivity index (χ4v) is 1.72. The molecule has 1 heterocycles. The third-order valence-electron chi connectivity index (χ3n) is 2.70. The van der Waals surface area contributed by atoms with Crippen molar-refractivity contribution < 1.29 is 19.2 Å². The summed E-state index contributed by atoms with van der Waals surface area (Å²) in [5.74, 6) is -0.934. The van der Waals surface area contributed by atoms with E-state index in [2.05, 4.69) is 10.3 Å². The first-order chi connectivity index (χ1) is 10.9. The summed E-state index contributed by atoms with van der Waals surface area (Å²) in [6, 6.07) is 7.26. The first kappa shape index (κ1) is 15.9. The number of amides is 2. The Kier molecular flexibility index (Phi) is 4.50. The lowest BCUT2D eigenvalue weighted by molar-refractivity contribution is -0.385. The molecule has 0 atom stereocenters. The third-order valence-corrected chi connectivity index (χ3v) is 2.70. The fourth-order valence-electron chi connectivity index (χ4n) is 1.72. The van der Waals surface area contributed by atoms with Crippen LogP contribution >= 0.6 is 0 Å². The lowest BCUT2D eigenvalue weighted by atomic mass is 10.2. The molecule has 0 spiro atoms. The first-order valence-corrected chi connectivity index (χ1v) is 6.36. The van der Waals surface area contributed by atoms with Crippen LogP contribution in [-0.4, -0.2) is 21.7 Å². The van der Waals surface area contributed by atoms with Crippen molar-refractivity contribution in [3.05, 3.63) is 52.2 Å². The van der Waals surface area contributed by atoms with E-state index in [4.69, 9.17) is 10.5 Å². The zero-order valence-electron chi connectivity index (χ0n) is 12.0. The maximum atomic E-state index is 11.4. The highest BCUT2D eigenvalue weighted by molar-refractivity contribution is 5.95. The van der Waals surface area contributed by atoms with Crippen LogP contribution in [0.2, 0.25) is 0 Å². The molecule has 0 saturated heterocycles. The molecule has 1 aromatic heterocycles. The van der Waals surface area contributed by atoms with E-state index in [0.717, 1.165) is 12.3 Å². The molecule has 0 aliphatic heterocycles. The first-order valence-electron chi connectivity index (χ1n) is 6.36. The van der Waals surface area contributed by atoms with Crippen molar-refractivity contribution >= 4 is 23.2 Å². The molecule has 0 aliphatic carbocycles. The lowest BCUT2D eigenvalue weighted by Gasteiger charge is -2.08. The summed E-state index contributed by atoms with van der Waals surface area (Å²) >= 11 is 0. The van der Waals surface area contributed by atoms with Gasteiger partial charge < -0.3 is 15.8 Å². The van der Waals surface area contributed by atoms with Crippen molar-refractivity contribution in [1.82, 2.24) is 4.98 Å². The van der Waals surface area contributed by atoms with E-state index in [1.165, 1.54) is 6.92 Å². The predicted octanol–water partition coefficient (Wildman–Crippen LogP) is 1.84. The van der Waals surface area contributed by atoms with Crippen LogP contribution in [0.3, 0.4) is 0 Å². The Hall–Kier alpha value is -3.49. The summed E-state index contributed by atoms with van der Waals surface area (Å²) in [5, 5.41) is 13.3. The highest BCUT2D eigenvalue weighted by atomic mass is 16.6. The molecule has 0 bridgehead atoms. The van der Waals surface area contributed by atoms with Crippen molar-refractivity contribution in [3.63, 3.8) is 0 Å². The fraction of sp³-hybridized carbons (Fsp3) is 0.0714. The van der Waals surface area contributed by atoms with Gasteiger partial charge in [-0.3, -0.25) is 19.7 Å². The van der Waals surface area contributed by atoms with Gasteiger partial charge in [0.25, 0.3) is 11.6 Å². The number of hydrogen-bond acceptors (Lipinski definition) is 6. The van der Waals surface area contributed by atoms with E-state index in [0.29, 0.717) is 11.4 Å². The number of rotatable bonds is 5. The molecule has 2 aromatic rings. The Labute approximate surface area is 130 Å². The SMILES string of the molecule is CC(=O)Nc1ccc(Oc2ncc([N+](=O)[O-])cc2C(N)=O)cc1. The maximum Gasteiger partial charge on any atom is 0.288 e. The number of nitrogens with two attached hydrogens (primary N) is 1. The van der Waals surface area contributed by atoms with E-state index in [1.807, 2.05) is 0 Å². The average Bonchev–Trinajstić information content (AvgIpc) is 2.48. The zero-order chi connectivity index (χ0) is 17.0. The maximum absolute atomic E-state index is 11.4. The summed E-state index contributed by atoms with van der Waals surface area (Å²) in [6.07, 6.45) is 0.966. The van der Waals surface area contributed by atoms with Gasteiger partial charge in [0.2, 0.25) is 11.8 Å².